The summed E-state index contributed by atoms with van der Waals surface area (Å²) < 4.78 is 1.65. The zero-order chi connectivity index (χ0) is 13.8. The minimum absolute atomic E-state index is 0.0639. The van der Waals surface area contributed by atoms with Gasteiger partial charge in [-0.1, -0.05) is 31.5 Å². The predicted molar refractivity (Wildman–Crippen MR) is 74.9 cm³/mol. The Balaban J connectivity index is 2.21. The zero-order valence-corrected chi connectivity index (χ0v) is 11.3. The second kappa shape index (κ2) is 5.80. The molecule has 2 N–H and O–H groups in total. The number of aromatic nitrogens is 2. The van der Waals surface area contributed by atoms with E-state index >= 15 is 0 Å². The molecule has 0 fully saturated rings. The lowest BCUT2D eigenvalue weighted by molar-refractivity contribution is 0.0961. The standard InChI is InChI=1S/C15H19N3O/c1-3-5-11-6-4-7-12(8-11)15(19)14(16)13-9-17-18(2)10-13/h4,6-10,14H,3,5,16H2,1-2H3. The first-order valence-electron chi connectivity index (χ1n) is 6.49. The third kappa shape index (κ3) is 3.09. The van der Waals surface area contributed by atoms with Crippen LogP contribution in [0.3, 0.4) is 0 Å². The molecule has 1 aromatic heterocycles. The van der Waals surface area contributed by atoms with Gasteiger partial charge in [-0.15, -0.1) is 0 Å². The number of nitrogens with zero attached hydrogens (tertiary/aromatic N) is 2. The predicted octanol–water partition coefficient (Wildman–Crippen LogP) is 2.26. The molecule has 1 atom stereocenters. The van der Waals surface area contributed by atoms with E-state index in [1.54, 1.807) is 17.1 Å². The lowest BCUT2D eigenvalue weighted by Crippen LogP contribution is -2.21. The third-order valence-electron chi connectivity index (χ3n) is 3.12. The normalized spacial score (nSPS) is 12.4. The van der Waals surface area contributed by atoms with Gasteiger partial charge in [0, 0.05) is 24.4 Å². The summed E-state index contributed by atoms with van der Waals surface area (Å²) in [6.45, 7) is 2.12. The molecular formula is C15H19N3O. The molecule has 0 amide bonds. The first-order valence-corrected chi connectivity index (χ1v) is 6.49. The van der Waals surface area contributed by atoms with Crippen LogP contribution in [0.15, 0.2) is 36.7 Å². The third-order valence-corrected chi connectivity index (χ3v) is 3.12. The molecule has 2 aromatic rings. The number of rotatable bonds is 5. The maximum atomic E-state index is 12.3. The van der Waals surface area contributed by atoms with Crippen LogP contribution in [-0.4, -0.2) is 15.6 Å². The number of carbonyl (C=O) groups excluding carboxylic acids is 1. The lowest BCUT2D eigenvalue weighted by Gasteiger charge is -2.09. The van der Waals surface area contributed by atoms with Gasteiger partial charge < -0.3 is 5.73 Å². The molecule has 0 saturated carbocycles. The van der Waals surface area contributed by atoms with Crippen molar-refractivity contribution >= 4 is 5.78 Å². The van der Waals surface area contributed by atoms with Crippen LogP contribution in [0.1, 0.15) is 40.9 Å². The van der Waals surface area contributed by atoms with Crippen LogP contribution in [0.2, 0.25) is 0 Å². The van der Waals surface area contributed by atoms with Crippen molar-refractivity contribution in [3.63, 3.8) is 0 Å². The topological polar surface area (TPSA) is 60.9 Å². The van der Waals surface area contributed by atoms with Gasteiger partial charge in [0.15, 0.2) is 5.78 Å². The Kier molecular flexibility index (Phi) is 4.12. The Labute approximate surface area is 113 Å². The summed E-state index contributed by atoms with van der Waals surface area (Å²) >= 11 is 0. The highest BCUT2D eigenvalue weighted by Crippen LogP contribution is 2.17. The van der Waals surface area contributed by atoms with Crippen molar-refractivity contribution < 1.29 is 4.79 Å². The van der Waals surface area contributed by atoms with Gasteiger partial charge in [0.1, 0.15) is 0 Å². The summed E-state index contributed by atoms with van der Waals surface area (Å²) in [5.41, 5.74) is 8.59. The molecule has 100 valence electrons. The van der Waals surface area contributed by atoms with Gasteiger partial charge in [-0.25, -0.2) is 0 Å². The molecule has 1 aromatic carbocycles. The molecule has 0 spiro atoms. The Morgan fingerprint density at radius 1 is 1.47 bits per heavy atom. The van der Waals surface area contributed by atoms with Gasteiger partial charge in [0.2, 0.25) is 0 Å². The maximum Gasteiger partial charge on any atom is 0.184 e. The van der Waals surface area contributed by atoms with E-state index < -0.39 is 6.04 Å². The molecular weight excluding hydrogens is 238 g/mol. The van der Waals surface area contributed by atoms with E-state index in [1.807, 2.05) is 31.3 Å². The monoisotopic (exact) mass is 257 g/mol. The average molecular weight is 257 g/mol. The summed E-state index contributed by atoms with van der Waals surface area (Å²) in [5, 5.41) is 4.05. The Hall–Kier alpha value is -1.94. The van der Waals surface area contributed by atoms with Crippen molar-refractivity contribution in [3.05, 3.63) is 53.3 Å². The molecule has 0 aliphatic carbocycles. The summed E-state index contributed by atoms with van der Waals surface area (Å²) in [4.78, 5) is 12.3. The van der Waals surface area contributed by atoms with Crippen LogP contribution in [0.5, 0.6) is 0 Å². The van der Waals surface area contributed by atoms with Crippen molar-refractivity contribution in [2.75, 3.05) is 0 Å². The van der Waals surface area contributed by atoms with Gasteiger partial charge in [0.25, 0.3) is 0 Å². The van der Waals surface area contributed by atoms with Gasteiger partial charge >= 0.3 is 0 Å². The first-order chi connectivity index (χ1) is 9.11. The second-order valence-corrected chi connectivity index (χ2v) is 4.74. The zero-order valence-electron chi connectivity index (χ0n) is 11.3. The summed E-state index contributed by atoms with van der Waals surface area (Å²) in [6, 6.07) is 7.05. The fourth-order valence-corrected chi connectivity index (χ4v) is 2.10. The molecule has 0 radical (unpaired) electrons. The van der Waals surface area contributed by atoms with Crippen LogP contribution >= 0.6 is 0 Å². The largest absolute Gasteiger partial charge is 0.317 e. The van der Waals surface area contributed by atoms with Crippen LogP contribution < -0.4 is 5.73 Å². The smallest absolute Gasteiger partial charge is 0.184 e. The van der Waals surface area contributed by atoms with Gasteiger partial charge in [-0.05, 0) is 18.1 Å². The Morgan fingerprint density at radius 2 is 2.26 bits per heavy atom. The SMILES string of the molecule is CCCc1cccc(C(=O)C(N)c2cnn(C)c2)c1. The van der Waals surface area contributed by atoms with Crippen LogP contribution in [0.4, 0.5) is 0 Å². The number of ketones is 1. The fourth-order valence-electron chi connectivity index (χ4n) is 2.10. The highest BCUT2D eigenvalue weighted by molar-refractivity contribution is 6.00. The molecule has 0 aliphatic rings. The van der Waals surface area contributed by atoms with Gasteiger partial charge in [-0.3, -0.25) is 9.48 Å². The number of nitrogens with two attached hydrogens (primary N) is 1. The minimum Gasteiger partial charge on any atom is -0.317 e. The molecule has 1 heterocycles. The number of carbonyl (C=O) groups is 1. The molecule has 2 rings (SSSR count). The van der Waals surface area contributed by atoms with E-state index in [4.69, 9.17) is 5.73 Å². The lowest BCUT2D eigenvalue weighted by atomic mass is 9.98. The quantitative estimate of drug-likeness (QED) is 0.836. The maximum absolute atomic E-state index is 12.3. The van der Waals surface area contributed by atoms with Crippen molar-refractivity contribution in [3.8, 4) is 0 Å². The Bertz CT molecular complexity index is 574. The molecule has 1 unspecified atom stereocenters. The van der Waals surface area contributed by atoms with Crippen molar-refractivity contribution in [2.45, 2.75) is 25.8 Å². The first kappa shape index (κ1) is 13.5. The molecule has 0 bridgehead atoms. The van der Waals surface area contributed by atoms with E-state index in [2.05, 4.69) is 12.0 Å². The van der Waals surface area contributed by atoms with Gasteiger partial charge in [0.05, 0.1) is 12.2 Å². The van der Waals surface area contributed by atoms with Gasteiger partial charge in [-0.2, -0.15) is 5.10 Å². The summed E-state index contributed by atoms with van der Waals surface area (Å²) in [6.07, 6.45) is 5.45. The molecule has 19 heavy (non-hydrogen) atoms. The van der Waals surface area contributed by atoms with Crippen molar-refractivity contribution in [2.24, 2.45) is 12.8 Å². The van der Waals surface area contributed by atoms with E-state index in [0.29, 0.717) is 5.56 Å². The summed E-state index contributed by atoms with van der Waals surface area (Å²) in [7, 11) is 1.81. The molecule has 4 nitrogen and oxygen atoms in total. The van der Waals surface area contributed by atoms with Crippen LogP contribution in [0.25, 0.3) is 0 Å². The molecule has 4 heteroatoms. The molecule has 0 aliphatic heterocycles. The number of benzene rings is 1. The Morgan fingerprint density at radius 3 is 2.89 bits per heavy atom. The minimum atomic E-state index is -0.648. The van der Waals surface area contributed by atoms with Crippen molar-refractivity contribution in [1.82, 2.24) is 9.78 Å². The number of hydrogen-bond acceptors (Lipinski definition) is 3. The highest BCUT2D eigenvalue weighted by Gasteiger charge is 2.19. The number of aryl methyl sites for hydroxylation is 2. The van der Waals surface area contributed by atoms with Crippen molar-refractivity contribution in [1.29, 1.82) is 0 Å². The summed E-state index contributed by atoms with van der Waals surface area (Å²) in [5.74, 6) is -0.0639. The number of hydrogen-bond donors (Lipinski definition) is 1. The van der Waals surface area contributed by atoms with E-state index in [9.17, 15) is 4.79 Å². The van der Waals surface area contributed by atoms with Crippen LogP contribution in [0, 0.1) is 0 Å². The van der Waals surface area contributed by atoms with E-state index in [1.165, 1.54) is 5.56 Å². The fraction of sp³-hybridized carbons (Fsp3) is 0.333. The van der Waals surface area contributed by atoms with E-state index in [-0.39, 0.29) is 5.78 Å². The average Bonchev–Trinajstić information content (AvgIpc) is 2.84. The van der Waals surface area contributed by atoms with E-state index in [0.717, 1.165) is 18.4 Å². The molecule has 0 saturated heterocycles. The second-order valence-electron chi connectivity index (χ2n) is 4.74. The van der Waals surface area contributed by atoms with Crippen LogP contribution in [-0.2, 0) is 13.5 Å². The number of Topliss-reactive ketones (excluding diaryl/α,β-unsaturated/α-hetero) is 1. The highest BCUT2D eigenvalue weighted by atomic mass is 16.1.